The molecule has 168 valence electrons. The van der Waals surface area contributed by atoms with Crippen molar-refractivity contribution in [1.29, 1.82) is 0 Å². The second-order valence-corrected chi connectivity index (χ2v) is 10.0. The highest BCUT2D eigenvalue weighted by Gasteiger charge is 2.35. The maximum absolute atomic E-state index is 13.3. The van der Waals surface area contributed by atoms with Crippen LogP contribution in [0, 0.1) is 24.3 Å². The van der Waals surface area contributed by atoms with E-state index in [2.05, 4.69) is 57.6 Å². The molecule has 1 fully saturated rings. The third-order valence-electron chi connectivity index (χ3n) is 5.43. The minimum absolute atomic E-state index is 0.0135. The number of nitrogens with zero attached hydrogens (tertiary/aromatic N) is 2. The van der Waals surface area contributed by atoms with Gasteiger partial charge in [0.15, 0.2) is 5.11 Å². The minimum atomic E-state index is -0.545. The highest BCUT2D eigenvalue weighted by Crippen LogP contribution is 2.30. The number of anilines is 1. The van der Waals surface area contributed by atoms with Crippen LogP contribution in [0.1, 0.15) is 22.5 Å². The molecule has 2 amide bonds. The van der Waals surface area contributed by atoms with Gasteiger partial charge in [0.2, 0.25) is 0 Å². The van der Waals surface area contributed by atoms with Crippen LogP contribution in [-0.4, -0.2) is 21.5 Å². The first kappa shape index (κ1) is 23.9. The zero-order valence-electron chi connectivity index (χ0n) is 17.9. The lowest BCUT2D eigenvalue weighted by Crippen LogP contribution is -2.54. The van der Waals surface area contributed by atoms with E-state index in [0.29, 0.717) is 10.7 Å². The van der Waals surface area contributed by atoms with Crippen LogP contribution in [-0.2, 0) is 9.59 Å². The monoisotopic (exact) mass is 609 g/mol. The van der Waals surface area contributed by atoms with Crippen molar-refractivity contribution < 1.29 is 9.59 Å². The summed E-state index contributed by atoms with van der Waals surface area (Å²) in [7, 11) is 0. The summed E-state index contributed by atoms with van der Waals surface area (Å²) < 4.78 is 3.28. The molecule has 4 rings (SSSR count). The highest BCUT2D eigenvalue weighted by molar-refractivity contribution is 14.1. The second-order valence-electron chi connectivity index (χ2n) is 7.65. The number of aryl methyl sites for hydroxylation is 2. The van der Waals surface area contributed by atoms with Gasteiger partial charge in [0.05, 0.1) is 15.7 Å². The number of rotatable bonds is 3. The molecule has 1 aromatic heterocycles. The molecule has 1 aliphatic rings. The van der Waals surface area contributed by atoms with Gasteiger partial charge in [-0.1, -0.05) is 23.2 Å². The molecule has 0 atom stereocenters. The topological polar surface area (TPSA) is 54.3 Å². The summed E-state index contributed by atoms with van der Waals surface area (Å²) in [5.74, 6) is -1.08. The molecule has 0 unspecified atom stereocenters. The van der Waals surface area contributed by atoms with Gasteiger partial charge in [-0.2, -0.15) is 0 Å². The Bertz CT molecular complexity index is 1380. The number of thiocarbonyl (C=S) groups is 1. The smallest absolute Gasteiger partial charge is 0.270 e. The molecule has 5 nitrogen and oxygen atoms in total. The lowest BCUT2D eigenvalue weighted by molar-refractivity contribution is -0.122. The minimum Gasteiger partial charge on any atom is -0.318 e. The molecule has 0 spiro atoms. The Morgan fingerprint density at radius 2 is 1.67 bits per heavy atom. The van der Waals surface area contributed by atoms with E-state index in [9.17, 15) is 9.59 Å². The van der Waals surface area contributed by atoms with E-state index in [4.69, 9.17) is 35.4 Å². The van der Waals surface area contributed by atoms with Gasteiger partial charge in [-0.25, -0.2) is 0 Å². The normalized spacial score (nSPS) is 15.4. The second kappa shape index (κ2) is 9.21. The Morgan fingerprint density at radius 1 is 0.970 bits per heavy atom. The Hall–Kier alpha value is -2.20. The number of benzene rings is 2. The predicted octanol–water partition coefficient (Wildman–Crippen LogP) is 6.15. The molecule has 2 heterocycles. The summed E-state index contributed by atoms with van der Waals surface area (Å²) >= 11 is 19.7. The Balaban J connectivity index is 1.77. The molecule has 3 aromatic rings. The number of carbonyl (C=O) groups is 2. The van der Waals surface area contributed by atoms with E-state index < -0.39 is 11.8 Å². The fourth-order valence-electron chi connectivity index (χ4n) is 3.77. The van der Waals surface area contributed by atoms with Crippen molar-refractivity contribution in [3.05, 3.63) is 84.2 Å². The summed E-state index contributed by atoms with van der Waals surface area (Å²) in [4.78, 5) is 27.3. The van der Waals surface area contributed by atoms with Crippen LogP contribution < -0.4 is 10.2 Å². The Kier molecular flexibility index (Phi) is 6.68. The number of halogens is 3. The third kappa shape index (κ3) is 4.47. The van der Waals surface area contributed by atoms with Gasteiger partial charge in [-0.05, 0) is 115 Å². The molecule has 1 aliphatic heterocycles. The maximum Gasteiger partial charge on any atom is 0.270 e. The molecule has 2 aromatic carbocycles. The number of amides is 2. The molecule has 0 saturated carbocycles. The van der Waals surface area contributed by atoms with Crippen LogP contribution in [0.2, 0.25) is 10.0 Å². The zero-order chi connectivity index (χ0) is 24.0. The van der Waals surface area contributed by atoms with Gasteiger partial charge >= 0.3 is 0 Å². The molecular formula is C24H18Cl2IN3O2S. The summed E-state index contributed by atoms with van der Waals surface area (Å²) in [6, 6.07) is 12.9. The fourth-order valence-corrected chi connectivity index (χ4v) is 4.68. The first-order valence-electron chi connectivity index (χ1n) is 9.90. The van der Waals surface area contributed by atoms with Crippen molar-refractivity contribution in [3.8, 4) is 5.69 Å². The summed E-state index contributed by atoms with van der Waals surface area (Å²) in [6.07, 6.45) is 1.60. The molecule has 33 heavy (non-hydrogen) atoms. The van der Waals surface area contributed by atoms with Crippen LogP contribution in [0.25, 0.3) is 11.8 Å². The largest absolute Gasteiger partial charge is 0.318 e. The number of hydrogen-bond donors (Lipinski definition) is 1. The van der Waals surface area contributed by atoms with Crippen molar-refractivity contribution in [2.75, 3.05) is 4.90 Å². The lowest BCUT2D eigenvalue weighted by Gasteiger charge is -2.29. The molecule has 0 bridgehead atoms. The summed E-state index contributed by atoms with van der Waals surface area (Å²) in [6.45, 7) is 6.01. The fraction of sp³-hybridized carbons (Fsp3) is 0.125. The molecular weight excluding hydrogens is 592 g/mol. The molecule has 1 saturated heterocycles. The maximum atomic E-state index is 13.3. The van der Waals surface area contributed by atoms with Gasteiger partial charge in [0.1, 0.15) is 5.57 Å². The van der Waals surface area contributed by atoms with Crippen molar-refractivity contribution in [2.24, 2.45) is 0 Å². The quantitative estimate of drug-likeness (QED) is 0.168. The van der Waals surface area contributed by atoms with E-state index in [0.717, 1.165) is 22.6 Å². The summed E-state index contributed by atoms with van der Waals surface area (Å²) in [5, 5.41) is 3.22. The van der Waals surface area contributed by atoms with Crippen LogP contribution in [0.4, 0.5) is 5.69 Å². The summed E-state index contributed by atoms with van der Waals surface area (Å²) in [5.41, 5.74) is 5.26. The van der Waals surface area contributed by atoms with Crippen molar-refractivity contribution in [2.45, 2.75) is 20.8 Å². The van der Waals surface area contributed by atoms with E-state index in [1.807, 2.05) is 19.9 Å². The lowest BCUT2D eigenvalue weighted by atomic mass is 10.1. The first-order valence-corrected chi connectivity index (χ1v) is 12.1. The molecule has 1 N–H and O–H groups in total. The molecule has 0 radical (unpaired) electrons. The SMILES string of the molecule is Cc1cc(-n2c(C)cc(/C=C3\C(=O)NC(=S)N(c4ccc(Cl)c(Cl)c4)C3=O)c2C)ccc1I. The average molecular weight is 610 g/mol. The Morgan fingerprint density at radius 3 is 2.33 bits per heavy atom. The van der Waals surface area contributed by atoms with Gasteiger partial charge in [-0.15, -0.1) is 0 Å². The first-order chi connectivity index (χ1) is 15.6. The van der Waals surface area contributed by atoms with Gasteiger partial charge in [0, 0.05) is 20.6 Å². The van der Waals surface area contributed by atoms with Gasteiger partial charge in [-0.3, -0.25) is 19.8 Å². The number of nitrogens with one attached hydrogen (secondary N) is 1. The molecule has 0 aliphatic carbocycles. The van der Waals surface area contributed by atoms with Crippen molar-refractivity contribution in [3.63, 3.8) is 0 Å². The third-order valence-corrected chi connectivity index (χ3v) is 7.67. The van der Waals surface area contributed by atoms with Crippen LogP contribution in [0.3, 0.4) is 0 Å². The Labute approximate surface area is 220 Å². The molecule has 9 heteroatoms. The van der Waals surface area contributed by atoms with Gasteiger partial charge < -0.3 is 4.57 Å². The number of hydrogen-bond acceptors (Lipinski definition) is 3. The van der Waals surface area contributed by atoms with E-state index in [-0.39, 0.29) is 15.7 Å². The predicted molar refractivity (Wildman–Crippen MR) is 145 cm³/mol. The van der Waals surface area contributed by atoms with Crippen LogP contribution in [0.15, 0.2) is 48.0 Å². The van der Waals surface area contributed by atoms with E-state index in [1.165, 1.54) is 20.1 Å². The van der Waals surface area contributed by atoms with Crippen LogP contribution in [0.5, 0.6) is 0 Å². The van der Waals surface area contributed by atoms with E-state index >= 15 is 0 Å². The zero-order valence-corrected chi connectivity index (χ0v) is 22.4. The van der Waals surface area contributed by atoms with Crippen molar-refractivity contribution >= 4 is 86.7 Å². The number of carbonyl (C=O) groups excluding carboxylic acids is 2. The van der Waals surface area contributed by atoms with Crippen LogP contribution >= 0.6 is 58.0 Å². The van der Waals surface area contributed by atoms with Crippen molar-refractivity contribution in [1.82, 2.24) is 9.88 Å². The van der Waals surface area contributed by atoms with Gasteiger partial charge in [0.25, 0.3) is 11.8 Å². The average Bonchev–Trinajstić information content (AvgIpc) is 3.03. The standard InChI is InChI=1S/C24H18Cl2IN3O2S/c1-12-8-16(5-7-21(12)27)29-13(2)9-15(14(29)3)10-18-22(31)28-24(33)30(23(18)32)17-4-6-19(25)20(26)11-17/h4-11H,1-3H3,(H,28,31,33)/b18-10+. The number of aromatic nitrogens is 1. The highest BCUT2D eigenvalue weighted by atomic mass is 127. The van der Waals surface area contributed by atoms with E-state index in [1.54, 1.807) is 18.2 Å².